The van der Waals surface area contributed by atoms with Crippen molar-refractivity contribution in [2.24, 2.45) is 0 Å². The average molecular weight is 221 g/mol. The van der Waals surface area contributed by atoms with Crippen LogP contribution in [0, 0.1) is 0 Å². The summed E-state index contributed by atoms with van der Waals surface area (Å²) in [5.41, 5.74) is 15.1. The molecule has 0 spiro atoms. The summed E-state index contributed by atoms with van der Waals surface area (Å²) < 4.78 is 0. The third kappa shape index (κ3) is 2.64. The van der Waals surface area contributed by atoms with Gasteiger partial charge in [-0.2, -0.15) is 0 Å². The monoisotopic (exact) mass is 220 g/mol. The Kier molecular flexibility index (Phi) is 3.58. The predicted molar refractivity (Wildman–Crippen MR) is 68.0 cm³/mol. The minimum atomic E-state index is 0. The van der Waals surface area contributed by atoms with Gasteiger partial charge in [-0.1, -0.05) is 24.3 Å². The van der Waals surface area contributed by atoms with Crippen LogP contribution in [-0.2, 0) is 0 Å². The molecule has 2 nitrogen and oxygen atoms in total. The summed E-state index contributed by atoms with van der Waals surface area (Å²) in [7, 11) is 0. The number of hydrogen-bond acceptors (Lipinski definition) is 2. The highest BCUT2D eigenvalue weighted by Crippen LogP contribution is 2.22. The van der Waals surface area contributed by atoms with Gasteiger partial charge in [-0.15, -0.1) is 12.4 Å². The van der Waals surface area contributed by atoms with Crippen molar-refractivity contribution in [3.05, 3.63) is 48.5 Å². The van der Waals surface area contributed by atoms with E-state index in [2.05, 4.69) is 0 Å². The maximum atomic E-state index is 5.70. The van der Waals surface area contributed by atoms with E-state index in [1.54, 1.807) is 0 Å². The van der Waals surface area contributed by atoms with Crippen molar-refractivity contribution in [1.82, 2.24) is 0 Å². The summed E-state index contributed by atoms with van der Waals surface area (Å²) in [6, 6.07) is 15.5. The number of nitrogens with two attached hydrogens (primary N) is 2. The maximum Gasteiger partial charge on any atom is 0.0320 e. The topological polar surface area (TPSA) is 52.0 Å². The Balaban J connectivity index is 0.00000112. The molecular formula is C12H13ClN2. The van der Waals surface area contributed by atoms with E-state index in [0.717, 1.165) is 22.5 Å². The second-order valence-electron chi connectivity index (χ2n) is 3.25. The zero-order valence-corrected chi connectivity index (χ0v) is 9.00. The largest absolute Gasteiger partial charge is 0.399 e. The van der Waals surface area contributed by atoms with Crippen LogP contribution in [0.25, 0.3) is 11.1 Å². The summed E-state index contributed by atoms with van der Waals surface area (Å²) in [5.74, 6) is 0. The van der Waals surface area contributed by atoms with Crippen LogP contribution >= 0.6 is 12.4 Å². The molecule has 0 aromatic heterocycles. The highest BCUT2D eigenvalue weighted by molar-refractivity contribution is 5.85. The Morgan fingerprint density at radius 2 is 1.07 bits per heavy atom. The molecule has 15 heavy (non-hydrogen) atoms. The lowest BCUT2D eigenvalue weighted by molar-refractivity contribution is 1.61. The lowest BCUT2D eigenvalue weighted by atomic mass is 10.0. The molecule has 78 valence electrons. The SMILES string of the molecule is Cl.Nc1cccc(-c2cccc(N)c2)c1. The lowest BCUT2D eigenvalue weighted by Crippen LogP contribution is -1.87. The van der Waals surface area contributed by atoms with Crippen LogP contribution in [-0.4, -0.2) is 0 Å². The molecule has 0 saturated carbocycles. The molecule has 0 aliphatic carbocycles. The van der Waals surface area contributed by atoms with Crippen LogP contribution in [0.2, 0.25) is 0 Å². The van der Waals surface area contributed by atoms with Gasteiger partial charge in [0, 0.05) is 11.4 Å². The fourth-order valence-corrected chi connectivity index (χ4v) is 1.44. The highest BCUT2D eigenvalue weighted by Gasteiger charge is 1.97. The summed E-state index contributed by atoms with van der Waals surface area (Å²) in [6.45, 7) is 0. The van der Waals surface area contributed by atoms with Crippen molar-refractivity contribution in [1.29, 1.82) is 0 Å². The molecule has 0 bridgehead atoms. The van der Waals surface area contributed by atoms with Crippen LogP contribution < -0.4 is 11.5 Å². The van der Waals surface area contributed by atoms with Gasteiger partial charge < -0.3 is 11.5 Å². The van der Waals surface area contributed by atoms with Crippen LogP contribution in [0.3, 0.4) is 0 Å². The van der Waals surface area contributed by atoms with E-state index in [4.69, 9.17) is 11.5 Å². The zero-order valence-electron chi connectivity index (χ0n) is 8.18. The molecule has 0 aliphatic rings. The number of nitrogen functional groups attached to an aromatic ring is 2. The van der Waals surface area contributed by atoms with Crippen molar-refractivity contribution in [3.63, 3.8) is 0 Å². The van der Waals surface area contributed by atoms with Gasteiger partial charge in [0.25, 0.3) is 0 Å². The van der Waals surface area contributed by atoms with Crippen LogP contribution in [0.5, 0.6) is 0 Å². The Bertz CT molecular complexity index is 411. The van der Waals surface area contributed by atoms with Gasteiger partial charge in [0.1, 0.15) is 0 Å². The lowest BCUT2D eigenvalue weighted by Gasteiger charge is -2.03. The highest BCUT2D eigenvalue weighted by atomic mass is 35.5. The minimum absolute atomic E-state index is 0. The van der Waals surface area contributed by atoms with Crippen molar-refractivity contribution in [2.45, 2.75) is 0 Å². The molecule has 0 aliphatic heterocycles. The first kappa shape index (κ1) is 11.4. The van der Waals surface area contributed by atoms with E-state index in [9.17, 15) is 0 Å². The van der Waals surface area contributed by atoms with Gasteiger partial charge in [0.2, 0.25) is 0 Å². The van der Waals surface area contributed by atoms with Crippen molar-refractivity contribution in [3.8, 4) is 11.1 Å². The van der Waals surface area contributed by atoms with E-state index in [0.29, 0.717) is 0 Å². The normalized spacial score (nSPS) is 9.33. The molecule has 0 amide bonds. The fraction of sp³-hybridized carbons (Fsp3) is 0. The Morgan fingerprint density at radius 3 is 1.40 bits per heavy atom. The van der Waals surface area contributed by atoms with Crippen molar-refractivity contribution < 1.29 is 0 Å². The molecule has 3 heteroatoms. The van der Waals surface area contributed by atoms with Crippen LogP contribution in [0.4, 0.5) is 11.4 Å². The molecule has 4 N–H and O–H groups in total. The number of hydrogen-bond donors (Lipinski definition) is 2. The molecule has 0 radical (unpaired) electrons. The molecule has 0 fully saturated rings. The summed E-state index contributed by atoms with van der Waals surface area (Å²) in [6.07, 6.45) is 0. The number of halogens is 1. The second kappa shape index (κ2) is 4.71. The van der Waals surface area contributed by atoms with E-state index >= 15 is 0 Å². The van der Waals surface area contributed by atoms with Crippen LogP contribution in [0.1, 0.15) is 0 Å². The molecule has 0 atom stereocenters. The zero-order chi connectivity index (χ0) is 9.97. The molecule has 0 heterocycles. The van der Waals surface area contributed by atoms with Crippen molar-refractivity contribution in [2.75, 3.05) is 11.5 Å². The molecule has 0 unspecified atom stereocenters. The maximum absolute atomic E-state index is 5.70. The summed E-state index contributed by atoms with van der Waals surface area (Å²) in [5, 5.41) is 0. The first-order chi connectivity index (χ1) is 6.75. The quantitative estimate of drug-likeness (QED) is 0.726. The molecule has 0 saturated heterocycles. The second-order valence-corrected chi connectivity index (χ2v) is 3.25. The van der Waals surface area contributed by atoms with Gasteiger partial charge in [0.15, 0.2) is 0 Å². The first-order valence-corrected chi connectivity index (χ1v) is 4.47. The number of rotatable bonds is 1. The first-order valence-electron chi connectivity index (χ1n) is 4.47. The average Bonchev–Trinajstić information content (AvgIpc) is 2.18. The Hall–Kier alpha value is -1.67. The van der Waals surface area contributed by atoms with E-state index < -0.39 is 0 Å². The standard InChI is InChI=1S/C12H12N2.ClH/c13-11-5-1-3-9(7-11)10-4-2-6-12(14)8-10;/h1-8H,13-14H2;1H. The van der Waals surface area contributed by atoms with Gasteiger partial charge in [-0.3, -0.25) is 0 Å². The number of benzene rings is 2. The van der Waals surface area contributed by atoms with E-state index in [1.165, 1.54) is 0 Å². The molecular weight excluding hydrogens is 208 g/mol. The molecule has 2 rings (SSSR count). The van der Waals surface area contributed by atoms with Crippen molar-refractivity contribution >= 4 is 23.8 Å². The third-order valence-electron chi connectivity index (χ3n) is 2.11. The van der Waals surface area contributed by atoms with Gasteiger partial charge in [-0.05, 0) is 35.4 Å². The summed E-state index contributed by atoms with van der Waals surface area (Å²) >= 11 is 0. The van der Waals surface area contributed by atoms with Gasteiger partial charge in [0.05, 0.1) is 0 Å². The summed E-state index contributed by atoms with van der Waals surface area (Å²) in [4.78, 5) is 0. The predicted octanol–water partition coefficient (Wildman–Crippen LogP) is 2.94. The molecule has 2 aromatic rings. The molecule has 2 aromatic carbocycles. The van der Waals surface area contributed by atoms with Gasteiger partial charge in [-0.25, -0.2) is 0 Å². The Labute approximate surface area is 95.3 Å². The van der Waals surface area contributed by atoms with Crippen LogP contribution in [0.15, 0.2) is 48.5 Å². The Morgan fingerprint density at radius 1 is 0.667 bits per heavy atom. The third-order valence-corrected chi connectivity index (χ3v) is 2.11. The van der Waals surface area contributed by atoms with E-state index in [1.807, 2.05) is 48.5 Å². The minimum Gasteiger partial charge on any atom is -0.399 e. The fourth-order valence-electron chi connectivity index (χ4n) is 1.44. The van der Waals surface area contributed by atoms with E-state index in [-0.39, 0.29) is 12.4 Å². The smallest absolute Gasteiger partial charge is 0.0320 e. The van der Waals surface area contributed by atoms with Gasteiger partial charge >= 0.3 is 0 Å². The number of anilines is 2.